The Balaban J connectivity index is 2.96. The maximum Gasteiger partial charge on any atom is 0.288 e. The molecule has 1 rings (SSSR count). The van der Waals surface area contributed by atoms with E-state index in [-0.39, 0.29) is 16.8 Å². The third kappa shape index (κ3) is 3.58. The number of nitrogens with zero attached hydrogens (tertiary/aromatic N) is 2. The van der Waals surface area contributed by atoms with Crippen LogP contribution in [0.2, 0.25) is 5.02 Å². The normalized spacial score (nSPS) is 12.3. The Kier molecular flexibility index (Phi) is 4.93. The molecule has 0 saturated carbocycles. The molecule has 1 atom stereocenters. The number of aryl methyl sites for hydroxylation is 1. The van der Waals surface area contributed by atoms with Crippen molar-refractivity contribution in [3.8, 4) is 0 Å². The van der Waals surface area contributed by atoms with Gasteiger partial charge >= 0.3 is 0 Å². The van der Waals surface area contributed by atoms with E-state index in [1.165, 1.54) is 6.07 Å². The van der Waals surface area contributed by atoms with Crippen molar-refractivity contribution >= 4 is 23.0 Å². The summed E-state index contributed by atoms with van der Waals surface area (Å²) in [5.41, 5.74) is 1.55. The fourth-order valence-corrected chi connectivity index (χ4v) is 1.93. The fraction of sp³-hybridized carbons (Fsp3) is 0.500. The van der Waals surface area contributed by atoms with Gasteiger partial charge in [-0.1, -0.05) is 11.6 Å². The summed E-state index contributed by atoms with van der Waals surface area (Å²) in [6.07, 6.45) is 0.256. The van der Waals surface area contributed by atoms with Crippen LogP contribution in [-0.2, 0) is 0 Å². The molecule has 6 heteroatoms. The van der Waals surface area contributed by atoms with E-state index in [0.29, 0.717) is 13.0 Å². The quantitative estimate of drug-likeness (QED) is 0.661. The number of aliphatic hydroxyl groups is 1. The third-order valence-electron chi connectivity index (χ3n) is 2.76. The van der Waals surface area contributed by atoms with E-state index in [4.69, 9.17) is 11.6 Å². The summed E-state index contributed by atoms with van der Waals surface area (Å²) in [5.74, 6) is 0. The van der Waals surface area contributed by atoms with E-state index in [9.17, 15) is 15.2 Å². The van der Waals surface area contributed by atoms with Crippen molar-refractivity contribution in [2.45, 2.75) is 26.4 Å². The van der Waals surface area contributed by atoms with E-state index < -0.39 is 4.92 Å². The average molecular weight is 273 g/mol. The van der Waals surface area contributed by atoms with Crippen LogP contribution in [0, 0.1) is 17.0 Å². The largest absolute Gasteiger partial charge is 0.393 e. The topological polar surface area (TPSA) is 66.6 Å². The summed E-state index contributed by atoms with van der Waals surface area (Å²) in [4.78, 5) is 12.2. The number of benzene rings is 1. The number of nitro groups is 1. The zero-order valence-corrected chi connectivity index (χ0v) is 11.4. The van der Waals surface area contributed by atoms with E-state index in [1.54, 1.807) is 19.9 Å². The first-order chi connectivity index (χ1) is 8.32. The van der Waals surface area contributed by atoms with Crippen LogP contribution < -0.4 is 4.90 Å². The van der Waals surface area contributed by atoms with Gasteiger partial charge < -0.3 is 10.0 Å². The Morgan fingerprint density at radius 3 is 2.67 bits per heavy atom. The number of nitro benzene ring substituents is 1. The predicted octanol–water partition coefficient (Wildman–Crippen LogP) is 2.76. The second kappa shape index (κ2) is 6.02. The molecule has 1 N–H and O–H groups in total. The average Bonchev–Trinajstić information content (AvgIpc) is 2.28. The second-order valence-electron chi connectivity index (χ2n) is 4.41. The molecule has 1 aromatic rings. The summed E-state index contributed by atoms with van der Waals surface area (Å²) in [6, 6.07) is 3.06. The predicted molar refractivity (Wildman–Crippen MR) is 72.4 cm³/mol. The van der Waals surface area contributed by atoms with Crippen molar-refractivity contribution < 1.29 is 10.0 Å². The van der Waals surface area contributed by atoms with Crippen LogP contribution in [0.5, 0.6) is 0 Å². The molecule has 18 heavy (non-hydrogen) atoms. The number of anilines is 1. The van der Waals surface area contributed by atoms with Gasteiger partial charge in [0.1, 0.15) is 5.02 Å². The minimum absolute atomic E-state index is 0.0816. The van der Waals surface area contributed by atoms with Crippen molar-refractivity contribution in [1.82, 2.24) is 0 Å². The van der Waals surface area contributed by atoms with Gasteiger partial charge in [-0.3, -0.25) is 10.1 Å². The van der Waals surface area contributed by atoms with Crippen LogP contribution in [-0.4, -0.2) is 29.7 Å². The SMILES string of the molecule is Cc1cc([N+](=O)[O-])c(Cl)cc1N(C)CCC(C)O. The Morgan fingerprint density at radius 1 is 1.56 bits per heavy atom. The molecule has 0 bridgehead atoms. The van der Waals surface area contributed by atoms with Gasteiger partial charge in [0.15, 0.2) is 0 Å². The van der Waals surface area contributed by atoms with E-state index >= 15 is 0 Å². The number of rotatable bonds is 5. The van der Waals surface area contributed by atoms with Crippen LogP contribution in [0.15, 0.2) is 12.1 Å². The minimum atomic E-state index is -0.491. The molecule has 0 spiro atoms. The molecule has 1 aromatic carbocycles. The van der Waals surface area contributed by atoms with Crippen molar-refractivity contribution in [1.29, 1.82) is 0 Å². The summed E-state index contributed by atoms with van der Waals surface area (Å²) in [7, 11) is 1.87. The summed E-state index contributed by atoms with van der Waals surface area (Å²) < 4.78 is 0. The molecule has 0 radical (unpaired) electrons. The smallest absolute Gasteiger partial charge is 0.288 e. The van der Waals surface area contributed by atoms with Gasteiger partial charge in [0.2, 0.25) is 0 Å². The highest BCUT2D eigenvalue weighted by molar-refractivity contribution is 6.33. The lowest BCUT2D eigenvalue weighted by atomic mass is 10.1. The molecule has 0 heterocycles. The van der Waals surface area contributed by atoms with E-state index in [1.807, 2.05) is 11.9 Å². The monoisotopic (exact) mass is 272 g/mol. The summed E-state index contributed by atoms with van der Waals surface area (Å²) in [5, 5.41) is 20.1. The second-order valence-corrected chi connectivity index (χ2v) is 4.81. The van der Waals surface area contributed by atoms with Gasteiger partial charge in [0.25, 0.3) is 5.69 Å². The lowest BCUT2D eigenvalue weighted by molar-refractivity contribution is -0.384. The molecule has 0 aliphatic rings. The number of halogens is 1. The molecular formula is C12H17ClN2O3. The molecule has 0 amide bonds. The first-order valence-corrected chi connectivity index (χ1v) is 6.04. The first kappa shape index (κ1) is 14.7. The zero-order valence-electron chi connectivity index (χ0n) is 10.7. The van der Waals surface area contributed by atoms with Crippen molar-refractivity contribution in [3.05, 3.63) is 32.8 Å². The lowest BCUT2D eigenvalue weighted by Crippen LogP contribution is -2.22. The van der Waals surface area contributed by atoms with Gasteiger partial charge in [-0.15, -0.1) is 0 Å². The van der Waals surface area contributed by atoms with E-state index in [0.717, 1.165) is 11.3 Å². The van der Waals surface area contributed by atoms with E-state index in [2.05, 4.69) is 0 Å². The molecule has 0 aliphatic carbocycles. The van der Waals surface area contributed by atoms with Crippen molar-refractivity contribution in [2.24, 2.45) is 0 Å². The highest BCUT2D eigenvalue weighted by Gasteiger charge is 2.16. The maximum absolute atomic E-state index is 10.7. The molecule has 0 aliphatic heterocycles. The maximum atomic E-state index is 10.7. The number of aliphatic hydroxyl groups excluding tert-OH is 1. The van der Waals surface area contributed by atoms with Gasteiger partial charge in [0.05, 0.1) is 11.0 Å². The Morgan fingerprint density at radius 2 is 2.17 bits per heavy atom. The van der Waals surface area contributed by atoms with Gasteiger partial charge in [0, 0.05) is 25.3 Å². The Bertz CT molecular complexity index is 449. The highest BCUT2D eigenvalue weighted by Crippen LogP contribution is 2.32. The third-order valence-corrected chi connectivity index (χ3v) is 3.06. The molecule has 5 nitrogen and oxygen atoms in total. The molecule has 0 saturated heterocycles. The Hall–Kier alpha value is -1.33. The van der Waals surface area contributed by atoms with Crippen LogP contribution in [0.3, 0.4) is 0 Å². The number of hydrogen-bond acceptors (Lipinski definition) is 4. The van der Waals surface area contributed by atoms with Crippen LogP contribution in [0.1, 0.15) is 18.9 Å². The first-order valence-electron chi connectivity index (χ1n) is 5.66. The van der Waals surface area contributed by atoms with Crippen LogP contribution in [0.4, 0.5) is 11.4 Å². The van der Waals surface area contributed by atoms with Gasteiger partial charge in [-0.25, -0.2) is 0 Å². The highest BCUT2D eigenvalue weighted by atomic mass is 35.5. The number of hydrogen-bond donors (Lipinski definition) is 1. The lowest BCUT2D eigenvalue weighted by Gasteiger charge is -2.22. The summed E-state index contributed by atoms with van der Waals surface area (Å²) in [6.45, 7) is 4.19. The minimum Gasteiger partial charge on any atom is -0.393 e. The molecule has 1 unspecified atom stereocenters. The molecule has 0 aromatic heterocycles. The van der Waals surface area contributed by atoms with Gasteiger partial charge in [-0.2, -0.15) is 0 Å². The van der Waals surface area contributed by atoms with Crippen molar-refractivity contribution in [3.63, 3.8) is 0 Å². The molecule has 0 fully saturated rings. The van der Waals surface area contributed by atoms with Crippen LogP contribution >= 0.6 is 11.6 Å². The van der Waals surface area contributed by atoms with Crippen LogP contribution in [0.25, 0.3) is 0 Å². The van der Waals surface area contributed by atoms with Crippen molar-refractivity contribution in [2.75, 3.05) is 18.5 Å². The summed E-state index contributed by atoms with van der Waals surface area (Å²) >= 11 is 5.89. The standard InChI is InChI=1S/C12H17ClN2O3/c1-8-6-12(15(17)18)10(13)7-11(8)14(3)5-4-9(2)16/h6-7,9,16H,4-5H2,1-3H3. The molecular weight excluding hydrogens is 256 g/mol. The zero-order chi connectivity index (χ0) is 13.9. The Labute approximate surface area is 111 Å². The molecule has 100 valence electrons. The van der Waals surface area contributed by atoms with Gasteiger partial charge in [-0.05, 0) is 31.9 Å². The fourth-order valence-electron chi connectivity index (χ4n) is 1.71.